The third-order valence-corrected chi connectivity index (χ3v) is 4.60. The second-order valence-electron chi connectivity index (χ2n) is 7.11. The van der Waals surface area contributed by atoms with Gasteiger partial charge >= 0.3 is 5.97 Å². The first kappa shape index (κ1) is 18.0. The van der Waals surface area contributed by atoms with E-state index in [0.717, 1.165) is 28.2 Å². The van der Waals surface area contributed by atoms with Crippen LogP contribution in [0.1, 0.15) is 43.4 Å². The number of hydrogen-bond donors (Lipinski definition) is 0. The van der Waals surface area contributed by atoms with E-state index in [1.807, 2.05) is 55.5 Å². The molecule has 142 valence electrons. The molecule has 0 saturated heterocycles. The number of carbonyl (C=O) groups excluding carboxylic acids is 1. The third kappa shape index (κ3) is 3.69. The summed E-state index contributed by atoms with van der Waals surface area (Å²) in [7, 11) is 0. The Morgan fingerprint density at radius 2 is 1.82 bits per heavy atom. The Hall–Kier alpha value is -3.34. The van der Waals surface area contributed by atoms with Crippen LogP contribution in [0.3, 0.4) is 0 Å². The van der Waals surface area contributed by atoms with Crippen LogP contribution >= 0.6 is 0 Å². The summed E-state index contributed by atoms with van der Waals surface area (Å²) in [6.07, 6.45) is 3.68. The summed E-state index contributed by atoms with van der Waals surface area (Å²) in [6.45, 7) is 6.43. The smallest absolute Gasteiger partial charge is 0.363 e. The number of carbonyl (C=O) groups is 1. The van der Waals surface area contributed by atoms with E-state index < -0.39 is 5.97 Å². The molecule has 28 heavy (non-hydrogen) atoms. The molecule has 4 rings (SSSR count). The molecule has 0 bridgehead atoms. The Labute approximate surface area is 164 Å². The topological polar surface area (TPSA) is 57.1 Å². The van der Waals surface area contributed by atoms with Crippen molar-refractivity contribution in [3.8, 4) is 11.5 Å². The average Bonchev–Trinajstić information content (AvgIpc) is 3.28. The lowest BCUT2D eigenvalue weighted by atomic mass is 10.0. The second kappa shape index (κ2) is 7.35. The van der Waals surface area contributed by atoms with E-state index >= 15 is 0 Å². The molecular weight excluding hydrogens is 354 g/mol. The van der Waals surface area contributed by atoms with Gasteiger partial charge in [-0.1, -0.05) is 38.1 Å². The highest BCUT2D eigenvalue weighted by atomic mass is 16.7. The van der Waals surface area contributed by atoms with Gasteiger partial charge in [-0.15, -0.1) is 0 Å². The van der Waals surface area contributed by atoms with Gasteiger partial charge in [-0.05, 0) is 59.9 Å². The van der Waals surface area contributed by atoms with Crippen LogP contribution in [-0.2, 0) is 9.53 Å². The van der Waals surface area contributed by atoms with Crippen LogP contribution in [0.2, 0.25) is 0 Å². The molecule has 2 aromatic carbocycles. The number of esters is 1. The van der Waals surface area contributed by atoms with Crippen LogP contribution in [-0.4, -0.2) is 18.7 Å². The van der Waals surface area contributed by atoms with Crippen LogP contribution in [0, 0.1) is 0 Å². The van der Waals surface area contributed by atoms with E-state index in [1.165, 1.54) is 5.56 Å². The molecule has 0 spiro atoms. The highest BCUT2D eigenvalue weighted by Gasteiger charge is 2.24. The number of hydrogen-bond acceptors (Lipinski definition) is 5. The first-order valence-corrected chi connectivity index (χ1v) is 9.20. The van der Waals surface area contributed by atoms with Gasteiger partial charge in [0.15, 0.2) is 17.2 Å². The Kier molecular flexibility index (Phi) is 4.74. The number of nitrogens with zero attached hydrogens (tertiary/aromatic N) is 1. The van der Waals surface area contributed by atoms with Crippen LogP contribution in [0.4, 0.5) is 0 Å². The zero-order chi connectivity index (χ0) is 19.7. The number of allylic oxidation sites excluding steroid dienone is 2. The van der Waals surface area contributed by atoms with Gasteiger partial charge in [-0.3, -0.25) is 0 Å². The van der Waals surface area contributed by atoms with E-state index in [0.29, 0.717) is 11.8 Å². The molecule has 2 aliphatic heterocycles. The molecule has 5 heteroatoms. The van der Waals surface area contributed by atoms with Crippen molar-refractivity contribution in [3.63, 3.8) is 0 Å². The van der Waals surface area contributed by atoms with Gasteiger partial charge in [-0.2, -0.15) is 0 Å². The molecule has 0 amide bonds. The Balaban J connectivity index is 1.56. The summed E-state index contributed by atoms with van der Waals surface area (Å²) >= 11 is 0. The molecule has 5 nitrogen and oxygen atoms in total. The summed E-state index contributed by atoms with van der Waals surface area (Å²) in [4.78, 5) is 16.6. The zero-order valence-corrected chi connectivity index (χ0v) is 16.1. The molecule has 0 radical (unpaired) electrons. The van der Waals surface area contributed by atoms with Crippen LogP contribution in [0.5, 0.6) is 11.5 Å². The van der Waals surface area contributed by atoms with E-state index in [1.54, 1.807) is 6.08 Å². The second-order valence-corrected chi connectivity index (χ2v) is 7.11. The maximum absolute atomic E-state index is 12.2. The minimum atomic E-state index is -0.443. The average molecular weight is 375 g/mol. The fourth-order valence-electron chi connectivity index (χ4n) is 3.07. The molecule has 2 aromatic rings. The molecule has 0 saturated carbocycles. The number of benzene rings is 2. The predicted molar refractivity (Wildman–Crippen MR) is 107 cm³/mol. The first-order valence-electron chi connectivity index (χ1n) is 9.20. The number of rotatable bonds is 4. The standard InChI is InChI=1S/C23H21NO4/c1-14(2)17-5-7-18(8-6-17)22-24-19(23(25)28-22)11-15(3)10-16-4-9-20-21(12-16)27-13-26-20/h4-12,14H,13H2,1-3H3/b15-10+,19-11-. The molecule has 2 aliphatic rings. The molecule has 0 atom stereocenters. The zero-order valence-electron chi connectivity index (χ0n) is 16.1. The molecule has 0 aliphatic carbocycles. The predicted octanol–water partition coefficient (Wildman–Crippen LogP) is 4.83. The summed E-state index contributed by atoms with van der Waals surface area (Å²) < 4.78 is 16.1. The van der Waals surface area contributed by atoms with Crippen molar-refractivity contribution in [2.75, 3.05) is 6.79 Å². The van der Waals surface area contributed by atoms with Crippen LogP contribution in [0.15, 0.2) is 64.8 Å². The van der Waals surface area contributed by atoms with Crippen molar-refractivity contribution < 1.29 is 19.0 Å². The van der Waals surface area contributed by atoms with Gasteiger partial charge in [0.2, 0.25) is 12.7 Å². The molecule has 0 unspecified atom stereocenters. The largest absolute Gasteiger partial charge is 0.454 e. The highest BCUT2D eigenvalue weighted by molar-refractivity contribution is 6.11. The van der Waals surface area contributed by atoms with Gasteiger partial charge < -0.3 is 14.2 Å². The Morgan fingerprint density at radius 3 is 2.57 bits per heavy atom. The van der Waals surface area contributed by atoms with Gasteiger partial charge in [0.1, 0.15) is 0 Å². The van der Waals surface area contributed by atoms with E-state index in [2.05, 4.69) is 18.8 Å². The van der Waals surface area contributed by atoms with E-state index in [-0.39, 0.29) is 12.5 Å². The maximum Gasteiger partial charge on any atom is 0.363 e. The van der Waals surface area contributed by atoms with Crippen molar-refractivity contribution in [1.82, 2.24) is 0 Å². The van der Waals surface area contributed by atoms with Crippen molar-refractivity contribution in [2.45, 2.75) is 26.7 Å². The first-order chi connectivity index (χ1) is 13.5. The third-order valence-electron chi connectivity index (χ3n) is 4.60. The Bertz CT molecular complexity index is 1010. The van der Waals surface area contributed by atoms with Crippen molar-refractivity contribution in [2.24, 2.45) is 4.99 Å². The van der Waals surface area contributed by atoms with Gasteiger partial charge in [-0.25, -0.2) is 9.79 Å². The lowest BCUT2D eigenvalue weighted by Gasteiger charge is -2.05. The molecular formula is C23H21NO4. The summed E-state index contributed by atoms with van der Waals surface area (Å²) in [5.41, 5.74) is 4.15. The van der Waals surface area contributed by atoms with Crippen molar-refractivity contribution in [3.05, 3.63) is 76.5 Å². The van der Waals surface area contributed by atoms with Gasteiger partial charge in [0.05, 0.1) is 0 Å². The lowest BCUT2D eigenvalue weighted by molar-refractivity contribution is -0.130. The van der Waals surface area contributed by atoms with Crippen LogP contribution < -0.4 is 9.47 Å². The van der Waals surface area contributed by atoms with Crippen molar-refractivity contribution in [1.29, 1.82) is 0 Å². The minimum absolute atomic E-state index is 0.243. The molecule has 0 N–H and O–H groups in total. The van der Waals surface area contributed by atoms with Gasteiger partial charge in [0.25, 0.3) is 0 Å². The fraction of sp³-hybridized carbons (Fsp3) is 0.217. The minimum Gasteiger partial charge on any atom is -0.454 e. The van der Waals surface area contributed by atoms with Crippen molar-refractivity contribution >= 4 is 17.9 Å². The van der Waals surface area contributed by atoms with E-state index in [9.17, 15) is 4.79 Å². The van der Waals surface area contributed by atoms with E-state index in [4.69, 9.17) is 14.2 Å². The molecule has 2 heterocycles. The normalized spacial score (nSPS) is 17.3. The number of aliphatic imine (C=N–C) groups is 1. The summed E-state index contributed by atoms with van der Waals surface area (Å²) in [5, 5.41) is 0. The molecule has 0 fully saturated rings. The Morgan fingerprint density at radius 1 is 1.07 bits per heavy atom. The fourth-order valence-corrected chi connectivity index (χ4v) is 3.07. The number of ether oxygens (including phenoxy) is 3. The quantitative estimate of drug-likeness (QED) is 0.567. The number of cyclic esters (lactones) is 1. The van der Waals surface area contributed by atoms with Gasteiger partial charge in [0, 0.05) is 5.56 Å². The summed E-state index contributed by atoms with van der Waals surface area (Å²) in [5.74, 6) is 1.80. The number of fused-ring (bicyclic) bond motifs is 1. The summed E-state index contributed by atoms with van der Waals surface area (Å²) in [6, 6.07) is 13.6. The monoisotopic (exact) mass is 375 g/mol. The maximum atomic E-state index is 12.2. The lowest BCUT2D eigenvalue weighted by Crippen LogP contribution is -2.05. The highest BCUT2D eigenvalue weighted by Crippen LogP contribution is 2.33. The SMILES string of the molecule is CC(/C=C1\N=C(c2ccc(C(C)C)cc2)OC1=O)=C\c1ccc2c(c1)OCO2. The molecule has 0 aromatic heterocycles. The van der Waals surface area contributed by atoms with Crippen LogP contribution in [0.25, 0.3) is 6.08 Å².